The molecule has 7 heteroatoms. The lowest BCUT2D eigenvalue weighted by Gasteiger charge is -2.31. The van der Waals surface area contributed by atoms with Crippen LogP contribution < -0.4 is 0 Å². The van der Waals surface area contributed by atoms with E-state index >= 15 is 0 Å². The first-order valence-electron chi connectivity index (χ1n) is 7.13. The van der Waals surface area contributed by atoms with E-state index in [-0.39, 0.29) is 12.8 Å². The molecule has 7 nitrogen and oxygen atoms in total. The second-order valence-corrected chi connectivity index (χ2v) is 7.07. The molecule has 0 aliphatic carbocycles. The number of carboxylic acids is 1. The second kappa shape index (κ2) is 7.47. The van der Waals surface area contributed by atoms with Crippen LogP contribution in [-0.2, 0) is 19.1 Å². The normalized spacial score (nSPS) is 13.2. The molecule has 1 amide bonds. The maximum Gasteiger partial charge on any atom is 0.410 e. The summed E-state index contributed by atoms with van der Waals surface area (Å²) in [6, 6.07) is -1.01. The Hall–Kier alpha value is -1.79. The third-order valence-corrected chi connectivity index (χ3v) is 2.46. The summed E-state index contributed by atoms with van der Waals surface area (Å²) in [4.78, 5) is 36.1. The Kier molecular flexibility index (Phi) is 6.86. The third-order valence-electron chi connectivity index (χ3n) is 2.46. The van der Waals surface area contributed by atoms with Gasteiger partial charge in [-0.25, -0.2) is 9.59 Å². The van der Waals surface area contributed by atoms with E-state index in [1.807, 2.05) is 0 Å². The fourth-order valence-electron chi connectivity index (χ4n) is 1.56. The highest BCUT2D eigenvalue weighted by molar-refractivity contribution is 5.82. The molecule has 0 radical (unpaired) electrons. The van der Waals surface area contributed by atoms with E-state index in [2.05, 4.69) is 0 Å². The second-order valence-electron chi connectivity index (χ2n) is 7.07. The van der Waals surface area contributed by atoms with Crippen LogP contribution in [0.1, 0.15) is 54.4 Å². The lowest BCUT2D eigenvalue weighted by molar-refractivity contribution is -0.161. The van der Waals surface area contributed by atoms with Crippen molar-refractivity contribution in [1.29, 1.82) is 0 Å². The first-order chi connectivity index (χ1) is 9.73. The Bertz CT molecular complexity index is 419. The number of carbonyl (C=O) groups is 3. The summed E-state index contributed by atoms with van der Waals surface area (Å²) < 4.78 is 10.5. The molecule has 0 aliphatic rings. The van der Waals surface area contributed by atoms with Gasteiger partial charge in [0, 0.05) is 13.5 Å². The van der Waals surface area contributed by atoms with Gasteiger partial charge < -0.3 is 14.6 Å². The van der Waals surface area contributed by atoms with E-state index in [1.165, 1.54) is 7.05 Å². The van der Waals surface area contributed by atoms with Crippen molar-refractivity contribution >= 4 is 18.0 Å². The highest BCUT2D eigenvalue weighted by atomic mass is 16.6. The highest BCUT2D eigenvalue weighted by Crippen LogP contribution is 2.17. The first kappa shape index (κ1) is 20.2. The van der Waals surface area contributed by atoms with E-state index in [9.17, 15) is 14.4 Å². The minimum Gasteiger partial charge on any atom is -0.481 e. The van der Waals surface area contributed by atoms with Crippen molar-refractivity contribution in [2.24, 2.45) is 0 Å². The standard InChI is InChI=1S/C15H27NO6/c1-14(2,3)21-12(19)10(8-9-11(17)18)16(7)13(20)22-15(4,5)6/h10H,8-9H2,1-7H3,(H,17,18). The van der Waals surface area contributed by atoms with Crippen molar-refractivity contribution < 1.29 is 29.0 Å². The molecule has 0 spiro atoms. The highest BCUT2D eigenvalue weighted by Gasteiger charge is 2.33. The van der Waals surface area contributed by atoms with Crippen LogP contribution in [0.3, 0.4) is 0 Å². The van der Waals surface area contributed by atoms with Crippen LogP contribution >= 0.6 is 0 Å². The fourth-order valence-corrected chi connectivity index (χ4v) is 1.56. The molecule has 1 unspecified atom stereocenters. The van der Waals surface area contributed by atoms with Crippen LogP contribution in [0.4, 0.5) is 4.79 Å². The number of amides is 1. The lowest BCUT2D eigenvalue weighted by atomic mass is 10.1. The van der Waals surface area contributed by atoms with Crippen LogP contribution in [0.5, 0.6) is 0 Å². The van der Waals surface area contributed by atoms with E-state index < -0.39 is 35.3 Å². The maximum atomic E-state index is 12.2. The van der Waals surface area contributed by atoms with Gasteiger partial charge in [0.1, 0.15) is 17.2 Å². The molecule has 0 aromatic heterocycles. The van der Waals surface area contributed by atoms with E-state index in [0.717, 1.165) is 4.90 Å². The molecule has 128 valence electrons. The maximum absolute atomic E-state index is 12.2. The molecule has 0 rings (SSSR count). The SMILES string of the molecule is CN(C(=O)OC(C)(C)C)C(CCC(=O)O)C(=O)OC(C)(C)C. The van der Waals surface area contributed by atoms with Gasteiger partial charge in [0.05, 0.1) is 0 Å². The predicted molar refractivity (Wildman–Crippen MR) is 80.5 cm³/mol. The molecule has 0 fully saturated rings. The van der Waals surface area contributed by atoms with Crippen molar-refractivity contribution in [2.75, 3.05) is 7.05 Å². The number of esters is 1. The number of likely N-dealkylation sites (N-methyl/N-ethyl adjacent to an activating group) is 1. The van der Waals surface area contributed by atoms with Gasteiger partial charge in [-0.3, -0.25) is 9.69 Å². The van der Waals surface area contributed by atoms with E-state index in [0.29, 0.717) is 0 Å². The number of ether oxygens (including phenoxy) is 2. The number of hydrogen-bond donors (Lipinski definition) is 1. The average Bonchev–Trinajstić information content (AvgIpc) is 2.23. The van der Waals surface area contributed by atoms with Gasteiger partial charge in [-0.05, 0) is 48.0 Å². The van der Waals surface area contributed by atoms with Gasteiger partial charge in [0.2, 0.25) is 0 Å². The summed E-state index contributed by atoms with van der Waals surface area (Å²) in [6.07, 6.45) is -0.995. The van der Waals surface area contributed by atoms with E-state index in [4.69, 9.17) is 14.6 Å². The topological polar surface area (TPSA) is 93.1 Å². The fraction of sp³-hybridized carbons (Fsp3) is 0.800. The monoisotopic (exact) mass is 317 g/mol. The molecule has 1 N–H and O–H groups in total. The largest absolute Gasteiger partial charge is 0.481 e. The minimum atomic E-state index is -1.05. The van der Waals surface area contributed by atoms with Crippen LogP contribution in [-0.4, -0.2) is 52.3 Å². The molecule has 0 bridgehead atoms. The smallest absolute Gasteiger partial charge is 0.410 e. The van der Waals surface area contributed by atoms with Gasteiger partial charge in [-0.1, -0.05) is 0 Å². The molecule has 1 atom stereocenters. The Balaban J connectivity index is 5.09. The average molecular weight is 317 g/mol. The van der Waals surface area contributed by atoms with Gasteiger partial charge in [0.15, 0.2) is 0 Å². The number of hydrogen-bond acceptors (Lipinski definition) is 5. The molecule has 0 saturated carbocycles. The number of rotatable bonds is 5. The molecular weight excluding hydrogens is 290 g/mol. The van der Waals surface area contributed by atoms with Crippen LogP contribution in [0.2, 0.25) is 0 Å². The van der Waals surface area contributed by atoms with Crippen LogP contribution in [0.25, 0.3) is 0 Å². The molecule has 0 heterocycles. The van der Waals surface area contributed by atoms with Gasteiger partial charge in [-0.2, -0.15) is 0 Å². The van der Waals surface area contributed by atoms with E-state index in [1.54, 1.807) is 41.5 Å². The number of carboxylic acid groups (broad SMARTS) is 1. The zero-order chi connectivity index (χ0) is 17.7. The van der Waals surface area contributed by atoms with Crippen molar-refractivity contribution in [2.45, 2.75) is 71.6 Å². The van der Waals surface area contributed by atoms with Crippen molar-refractivity contribution in [3.8, 4) is 0 Å². The third kappa shape index (κ3) is 8.49. The Labute approximate surface area is 131 Å². The molecular formula is C15H27NO6. The van der Waals surface area contributed by atoms with Crippen LogP contribution in [0, 0.1) is 0 Å². The van der Waals surface area contributed by atoms with Crippen molar-refractivity contribution in [1.82, 2.24) is 4.90 Å². The molecule has 0 aromatic carbocycles. The number of carbonyl (C=O) groups excluding carboxylic acids is 2. The summed E-state index contributed by atoms with van der Waals surface area (Å²) in [7, 11) is 1.39. The quantitative estimate of drug-likeness (QED) is 0.783. The molecule has 0 aromatic rings. The summed E-state index contributed by atoms with van der Waals surface area (Å²) >= 11 is 0. The molecule has 22 heavy (non-hydrogen) atoms. The van der Waals surface area contributed by atoms with Gasteiger partial charge in [-0.15, -0.1) is 0 Å². The van der Waals surface area contributed by atoms with Gasteiger partial charge >= 0.3 is 18.0 Å². The van der Waals surface area contributed by atoms with Crippen LogP contribution in [0.15, 0.2) is 0 Å². The summed E-state index contributed by atoms with van der Waals surface area (Å²) in [6.45, 7) is 10.2. The van der Waals surface area contributed by atoms with Crippen molar-refractivity contribution in [3.63, 3.8) is 0 Å². The summed E-state index contributed by atoms with van der Waals surface area (Å²) in [5, 5.41) is 8.80. The minimum absolute atomic E-state index is 0.0417. The van der Waals surface area contributed by atoms with Crippen molar-refractivity contribution in [3.05, 3.63) is 0 Å². The zero-order valence-electron chi connectivity index (χ0n) is 14.4. The zero-order valence-corrected chi connectivity index (χ0v) is 14.4. The summed E-state index contributed by atoms with van der Waals surface area (Å²) in [5.74, 6) is -1.70. The number of aliphatic carboxylic acids is 1. The Morgan fingerprint density at radius 2 is 1.45 bits per heavy atom. The Morgan fingerprint density at radius 1 is 1.00 bits per heavy atom. The summed E-state index contributed by atoms with van der Waals surface area (Å²) in [5.41, 5.74) is -1.44. The molecule has 0 aliphatic heterocycles. The number of nitrogens with zero attached hydrogens (tertiary/aromatic N) is 1. The molecule has 0 saturated heterocycles. The Morgan fingerprint density at radius 3 is 1.82 bits per heavy atom. The first-order valence-corrected chi connectivity index (χ1v) is 7.13. The van der Waals surface area contributed by atoms with Gasteiger partial charge in [0.25, 0.3) is 0 Å². The predicted octanol–water partition coefficient (Wildman–Crippen LogP) is 2.43. The lowest BCUT2D eigenvalue weighted by Crippen LogP contribution is -2.47.